The first-order chi connectivity index (χ1) is 11.0. The number of hydrogen-bond donors (Lipinski definition) is 1. The van der Waals surface area contributed by atoms with E-state index in [1.54, 1.807) is 0 Å². The molecule has 1 N–H and O–H groups in total. The van der Waals surface area contributed by atoms with Gasteiger partial charge in [0.1, 0.15) is 11.9 Å². The minimum absolute atomic E-state index is 0.0407. The largest absolute Gasteiger partial charge is 0.441 e. The molecule has 1 aromatic carbocycles. The molecule has 8 heteroatoms. The summed E-state index contributed by atoms with van der Waals surface area (Å²) in [4.78, 5) is 25.6. The number of cyclic esters (lactones) is 1. The highest BCUT2D eigenvalue weighted by Crippen LogP contribution is 2.29. The molecule has 3 rings (SSSR count). The minimum atomic E-state index is -1.61. The third kappa shape index (κ3) is 2.98. The van der Waals surface area contributed by atoms with Crippen LogP contribution in [0, 0.1) is 5.82 Å². The first-order valence-corrected chi connectivity index (χ1v) is 7.30. The Hall–Kier alpha value is -2.22. The van der Waals surface area contributed by atoms with Crippen LogP contribution in [-0.4, -0.2) is 55.5 Å². The number of hydrogen-bond acceptors (Lipinski definition) is 5. The predicted octanol–water partition coefficient (Wildman–Crippen LogP) is 1.26. The maximum absolute atomic E-state index is 14.3. The van der Waals surface area contributed by atoms with Gasteiger partial charge < -0.3 is 14.7 Å². The second kappa shape index (κ2) is 6.11. The lowest BCUT2D eigenvalue weighted by atomic mass is 10.1. The van der Waals surface area contributed by atoms with E-state index in [-0.39, 0.29) is 38.3 Å². The van der Waals surface area contributed by atoms with Crippen molar-refractivity contribution in [3.05, 3.63) is 24.0 Å². The number of alkyl halides is 1. The maximum atomic E-state index is 14.3. The maximum Gasteiger partial charge on any atom is 0.414 e. The molecule has 2 saturated heterocycles. The number of nitrogens with zero attached hydrogens (tertiary/aromatic N) is 2. The van der Waals surface area contributed by atoms with Crippen LogP contribution in [0.4, 0.5) is 25.0 Å². The molecule has 1 amide bonds. The number of aliphatic hydroxyl groups excluding tert-OH is 1. The number of carbonyl (C=O) groups is 2. The van der Waals surface area contributed by atoms with E-state index >= 15 is 0 Å². The molecule has 0 saturated carbocycles. The van der Waals surface area contributed by atoms with Crippen molar-refractivity contribution in [3.8, 4) is 0 Å². The van der Waals surface area contributed by atoms with Gasteiger partial charge >= 0.3 is 6.09 Å². The average molecular weight is 326 g/mol. The number of rotatable bonds is 3. The fourth-order valence-corrected chi connectivity index (χ4v) is 2.75. The second-order valence-corrected chi connectivity index (χ2v) is 5.56. The van der Waals surface area contributed by atoms with E-state index in [4.69, 9.17) is 9.84 Å². The SMILES string of the molecule is O=C1CCN(c2ccc(N3C[C@H](CO)OC3=O)cc2F)CC1F. The molecule has 2 atom stereocenters. The van der Waals surface area contributed by atoms with Gasteiger partial charge in [0.25, 0.3) is 0 Å². The quantitative estimate of drug-likeness (QED) is 0.906. The molecule has 124 valence electrons. The first-order valence-electron chi connectivity index (χ1n) is 7.30. The fraction of sp³-hybridized carbons (Fsp3) is 0.467. The lowest BCUT2D eigenvalue weighted by Crippen LogP contribution is -2.42. The molecule has 6 nitrogen and oxygen atoms in total. The Morgan fingerprint density at radius 1 is 1.30 bits per heavy atom. The van der Waals surface area contributed by atoms with Crippen LogP contribution in [0.3, 0.4) is 0 Å². The van der Waals surface area contributed by atoms with Crippen LogP contribution in [0.1, 0.15) is 6.42 Å². The number of amides is 1. The number of aliphatic hydroxyl groups is 1. The van der Waals surface area contributed by atoms with Crippen molar-refractivity contribution in [1.82, 2.24) is 0 Å². The molecule has 0 spiro atoms. The summed E-state index contributed by atoms with van der Waals surface area (Å²) in [6, 6.07) is 4.15. The van der Waals surface area contributed by atoms with Crippen molar-refractivity contribution in [2.45, 2.75) is 18.7 Å². The Morgan fingerprint density at radius 2 is 2.09 bits per heavy atom. The van der Waals surface area contributed by atoms with Crippen molar-refractivity contribution in [2.75, 3.05) is 36.0 Å². The number of ketones is 1. The van der Waals surface area contributed by atoms with Crippen molar-refractivity contribution < 1.29 is 28.2 Å². The molecule has 2 aliphatic heterocycles. The smallest absolute Gasteiger partial charge is 0.414 e. The molecule has 0 bridgehead atoms. The van der Waals surface area contributed by atoms with Gasteiger partial charge in [-0.1, -0.05) is 0 Å². The monoisotopic (exact) mass is 326 g/mol. The van der Waals surface area contributed by atoms with Crippen LogP contribution in [-0.2, 0) is 9.53 Å². The number of benzene rings is 1. The van der Waals surface area contributed by atoms with Gasteiger partial charge in [-0.15, -0.1) is 0 Å². The summed E-state index contributed by atoms with van der Waals surface area (Å²) in [5, 5.41) is 9.02. The van der Waals surface area contributed by atoms with E-state index in [0.29, 0.717) is 5.69 Å². The standard InChI is InChI=1S/C15H16F2N2O4/c16-11-5-9(19-6-10(8-20)23-15(19)22)1-2-13(11)18-4-3-14(21)12(17)7-18/h1-2,5,10,12,20H,3-4,6-8H2/t10-,12?/m1/s1. The number of halogens is 2. The Balaban J connectivity index is 1.79. The number of anilines is 2. The summed E-state index contributed by atoms with van der Waals surface area (Å²) in [6.07, 6.45) is -2.85. The Kier molecular flexibility index (Phi) is 4.16. The van der Waals surface area contributed by atoms with Crippen molar-refractivity contribution in [1.29, 1.82) is 0 Å². The number of Topliss-reactive ketones (excluding diaryl/α,β-unsaturated/α-hetero) is 1. The van der Waals surface area contributed by atoms with E-state index < -0.39 is 30.0 Å². The molecule has 2 fully saturated rings. The minimum Gasteiger partial charge on any atom is -0.441 e. The van der Waals surface area contributed by atoms with E-state index in [2.05, 4.69) is 0 Å². The normalized spacial score (nSPS) is 25.0. The van der Waals surface area contributed by atoms with Gasteiger partial charge in [-0.25, -0.2) is 13.6 Å². The van der Waals surface area contributed by atoms with Crippen molar-refractivity contribution in [2.24, 2.45) is 0 Å². The van der Waals surface area contributed by atoms with E-state index in [1.807, 2.05) is 0 Å². The first kappa shape index (κ1) is 15.7. The molecule has 2 aliphatic rings. The van der Waals surface area contributed by atoms with Crippen LogP contribution < -0.4 is 9.80 Å². The van der Waals surface area contributed by atoms with Gasteiger partial charge in [-0.3, -0.25) is 9.69 Å². The second-order valence-electron chi connectivity index (χ2n) is 5.56. The van der Waals surface area contributed by atoms with Crippen LogP contribution in [0.25, 0.3) is 0 Å². The summed E-state index contributed by atoms with van der Waals surface area (Å²) in [7, 11) is 0. The number of carbonyl (C=O) groups excluding carboxylic acids is 2. The van der Waals surface area contributed by atoms with Crippen LogP contribution in [0.15, 0.2) is 18.2 Å². The summed E-state index contributed by atoms with van der Waals surface area (Å²) in [6.45, 7) is -0.0807. The lowest BCUT2D eigenvalue weighted by molar-refractivity contribution is -0.124. The summed E-state index contributed by atoms with van der Waals surface area (Å²) >= 11 is 0. The van der Waals surface area contributed by atoms with Gasteiger partial charge in [-0.2, -0.15) is 0 Å². The highest BCUT2D eigenvalue weighted by molar-refractivity contribution is 5.90. The highest BCUT2D eigenvalue weighted by Gasteiger charge is 2.33. The number of ether oxygens (including phenoxy) is 1. The van der Waals surface area contributed by atoms with E-state index in [9.17, 15) is 18.4 Å². The van der Waals surface area contributed by atoms with Crippen LogP contribution >= 0.6 is 0 Å². The molecular formula is C15H16F2N2O4. The molecule has 0 aromatic heterocycles. The van der Waals surface area contributed by atoms with Gasteiger partial charge in [0, 0.05) is 13.0 Å². The van der Waals surface area contributed by atoms with Crippen molar-refractivity contribution >= 4 is 23.3 Å². The molecular weight excluding hydrogens is 310 g/mol. The molecule has 0 aliphatic carbocycles. The van der Waals surface area contributed by atoms with Gasteiger partial charge in [0.2, 0.25) is 0 Å². The molecule has 1 aromatic rings. The Labute approximate surface area is 131 Å². The lowest BCUT2D eigenvalue weighted by Gasteiger charge is -2.30. The topological polar surface area (TPSA) is 70.1 Å². The third-order valence-electron chi connectivity index (χ3n) is 4.02. The Morgan fingerprint density at radius 3 is 2.70 bits per heavy atom. The molecule has 2 heterocycles. The zero-order valence-electron chi connectivity index (χ0n) is 12.2. The summed E-state index contributed by atoms with van der Waals surface area (Å²) < 4.78 is 32.7. The molecule has 0 radical (unpaired) electrons. The van der Waals surface area contributed by atoms with Gasteiger partial charge in [-0.05, 0) is 18.2 Å². The predicted molar refractivity (Wildman–Crippen MR) is 77.8 cm³/mol. The fourth-order valence-electron chi connectivity index (χ4n) is 2.75. The van der Waals surface area contributed by atoms with Crippen LogP contribution in [0.2, 0.25) is 0 Å². The van der Waals surface area contributed by atoms with Crippen molar-refractivity contribution in [3.63, 3.8) is 0 Å². The Bertz CT molecular complexity index is 640. The van der Waals surface area contributed by atoms with Gasteiger partial charge in [0.05, 0.1) is 31.1 Å². The van der Waals surface area contributed by atoms with Crippen LogP contribution in [0.5, 0.6) is 0 Å². The summed E-state index contributed by atoms with van der Waals surface area (Å²) in [5.41, 5.74) is 0.493. The van der Waals surface area contributed by atoms with Gasteiger partial charge in [0.15, 0.2) is 12.0 Å². The molecule has 1 unspecified atom stereocenters. The van der Waals surface area contributed by atoms with E-state index in [1.165, 1.54) is 28.0 Å². The zero-order chi connectivity index (χ0) is 16.6. The number of piperidine rings is 1. The average Bonchev–Trinajstić information content (AvgIpc) is 2.91. The molecule has 23 heavy (non-hydrogen) atoms. The highest BCUT2D eigenvalue weighted by atomic mass is 19.1. The van der Waals surface area contributed by atoms with E-state index in [0.717, 1.165) is 0 Å². The third-order valence-corrected chi connectivity index (χ3v) is 4.02. The zero-order valence-corrected chi connectivity index (χ0v) is 12.2. The summed E-state index contributed by atoms with van der Waals surface area (Å²) in [5.74, 6) is -1.07.